The van der Waals surface area contributed by atoms with Gasteiger partial charge in [-0.15, -0.1) is 0 Å². The van der Waals surface area contributed by atoms with Gasteiger partial charge in [-0.05, 0) is 75.5 Å². The molecule has 0 bridgehead atoms. The third-order valence-corrected chi connectivity index (χ3v) is 12.1. The standard InChI is InChI=1S/C39H60N6O6/c1-4-16-31(40-25-46)34(28-19-10-7-11-20-28)43-37(49)44(35(29-21-12-8-13-22-29)32(17-5-2)41-26-47)39(51)45(38(43)50)36(30-23-14-9-15-24-30)33(18-6-3)42-27-48/h28-36H,4-24H2,1-3H3. The van der Waals surface area contributed by atoms with Crippen molar-refractivity contribution in [2.75, 3.05) is 0 Å². The number of nitrogens with zero attached hydrogens (tertiary/aromatic N) is 6. The molecule has 0 saturated heterocycles. The molecule has 1 heterocycles. The monoisotopic (exact) mass is 708 g/mol. The Morgan fingerprint density at radius 1 is 0.471 bits per heavy atom. The molecule has 12 heteroatoms. The normalized spacial score (nSPS) is 21.2. The number of hydrogen-bond donors (Lipinski definition) is 0. The van der Waals surface area contributed by atoms with Gasteiger partial charge in [-0.25, -0.2) is 57.4 Å². The molecule has 3 fully saturated rings. The van der Waals surface area contributed by atoms with Gasteiger partial charge in [-0.3, -0.25) is 0 Å². The van der Waals surface area contributed by atoms with E-state index in [1.807, 2.05) is 20.8 Å². The van der Waals surface area contributed by atoms with Crippen LogP contribution in [-0.2, 0) is 14.4 Å². The summed E-state index contributed by atoms with van der Waals surface area (Å²) in [7, 11) is 0. The van der Waals surface area contributed by atoms with Gasteiger partial charge in [0.25, 0.3) is 0 Å². The minimum absolute atomic E-state index is 0.127. The van der Waals surface area contributed by atoms with Crippen molar-refractivity contribution in [3.05, 3.63) is 31.5 Å². The second-order valence-corrected chi connectivity index (χ2v) is 15.4. The van der Waals surface area contributed by atoms with Crippen LogP contribution in [0.2, 0.25) is 0 Å². The Morgan fingerprint density at radius 3 is 0.902 bits per heavy atom. The van der Waals surface area contributed by atoms with E-state index in [4.69, 9.17) is 0 Å². The van der Waals surface area contributed by atoms with Crippen LogP contribution in [0.1, 0.15) is 174 Å². The average Bonchev–Trinajstić information content (AvgIpc) is 3.14. The van der Waals surface area contributed by atoms with Crippen molar-refractivity contribution in [1.29, 1.82) is 0 Å². The van der Waals surface area contributed by atoms with Crippen LogP contribution in [0.5, 0.6) is 0 Å². The second kappa shape index (κ2) is 20.6. The van der Waals surface area contributed by atoms with Gasteiger partial charge in [0.2, 0.25) is 18.2 Å². The highest BCUT2D eigenvalue weighted by atomic mass is 16.2. The van der Waals surface area contributed by atoms with Gasteiger partial charge < -0.3 is 0 Å². The van der Waals surface area contributed by atoms with E-state index in [0.29, 0.717) is 38.5 Å². The predicted octanol–water partition coefficient (Wildman–Crippen LogP) is 7.05. The lowest BCUT2D eigenvalue weighted by molar-refractivity contribution is 0.147. The average molecular weight is 709 g/mol. The van der Waals surface area contributed by atoms with Crippen molar-refractivity contribution in [2.45, 2.75) is 192 Å². The van der Waals surface area contributed by atoms with Gasteiger partial charge >= 0.3 is 17.1 Å². The maximum absolute atomic E-state index is 15.3. The Kier molecular flexibility index (Phi) is 16.3. The third-order valence-electron chi connectivity index (χ3n) is 12.1. The minimum Gasteiger partial charge on any atom is -0.247 e. The lowest BCUT2D eigenvalue weighted by Gasteiger charge is -2.39. The molecule has 0 aromatic carbocycles. The Hall–Kier alpha value is -3.45. The van der Waals surface area contributed by atoms with Crippen LogP contribution in [0.25, 0.3) is 0 Å². The third kappa shape index (κ3) is 9.51. The van der Waals surface area contributed by atoms with Gasteiger partial charge in [-0.1, -0.05) is 97.8 Å². The van der Waals surface area contributed by atoms with Crippen molar-refractivity contribution in [1.82, 2.24) is 13.7 Å². The fourth-order valence-electron chi connectivity index (χ4n) is 9.90. The van der Waals surface area contributed by atoms with E-state index in [1.54, 1.807) is 18.2 Å². The molecular weight excluding hydrogens is 648 g/mol. The zero-order valence-electron chi connectivity index (χ0n) is 31.2. The zero-order chi connectivity index (χ0) is 36.8. The molecule has 1 aromatic rings. The largest absolute Gasteiger partial charge is 0.337 e. The lowest BCUT2D eigenvalue weighted by atomic mass is 9.79. The first-order chi connectivity index (χ1) is 24.9. The highest BCUT2D eigenvalue weighted by molar-refractivity contribution is 5.34. The molecule has 3 aliphatic carbocycles. The summed E-state index contributed by atoms with van der Waals surface area (Å²) in [5.74, 6) is -0.382. The maximum Gasteiger partial charge on any atom is 0.337 e. The van der Waals surface area contributed by atoms with Crippen LogP contribution in [0.15, 0.2) is 29.4 Å². The molecule has 282 valence electrons. The number of carbonyl (C=O) groups excluding carboxylic acids is 3. The van der Waals surface area contributed by atoms with E-state index < -0.39 is 53.3 Å². The summed E-state index contributed by atoms with van der Waals surface area (Å²) in [4.78, 5) is 94.6. The van der Waals surface area contributed by atoms with Crippen LogP contribution in [-0.4, -0.2) is 50.1 Å². The molecule has 0 amide bonds. The first kappa shape index (κ1) is 40.3. The van der Waals surface area contributed by atoms with Gasteiger partial charge in [0, 0.05) is 0 Å². The molecular formula is C39H60N6O6. The van der Waals surface area contributed by atoms with Crippen molar-refractivity contribution >= 4 is 18.2 Å². The molecule has 12 nitrogen and oxygen atoms in total. The highest BCUT2D eigenvalue weighted by Crippen LogP contribution is 2.40. The first-order valence-corrected chi connectivity index (χ1v) is 20.1. The summed E-state index contributed by atoms with van der Waals surface area (Å²) in [6, 6.07) is -4.41. The topological polar surface area (TPSA) is 154 Å². The number of hydrogen-bond acceptors (Lipinski definition) is 9. The Labute approximate surface area is 301 Å². The SMILES string of the molecule is CCCC(N=C=O)C(C1CCCCC1)n1c(=O)n(C(C2CCCCC2)C(CCC)N=C=O)c(=O)n(C(C2CCCCC2)C(CCC)N=C=O)c1=O. The fraction of sp³-hybridized carbons (Fsp3) is 0.846. The Bertz CT molecular complexity index is 1360. The van der Waals surface area contributed by atoms with Gasteiger partial charge in [0.15, 0.2) is 0 Å². The summed E-state index contributed by atoms with van der Waals surface area (Å²) in [5, 5.41) is 0. The van der Waals surface area contributed by atoms with Crippen molar-refractivity contribution in [3.8, 4) is 0 Å². The second-order valence-electron chi connectivity index (χ2n) is 15.4. The summed E-state index contributed by atoms with van der Waals surface area (Å²) in [5.41, 5.74) is -2.19. The summed E-state index contributed by atoms with van der Waals surface area (Å²) in [6.45, 7) is 5.93. The van der Waals surface area contributed by atoms with E-state index in [2.05, 4.69) is 15.0 Å². The van der Waals surface area contributed by atoms with Gasteiger partial charge in [-0.2, -0.15) is 0 Å². The van der Waals surface area contributed by atoms with E-state index in [9.17, 15) is 14.4 Å². The van der Waals surface area contributed by atoms with Crippen molar-refractivity contribution < 1.29 is 14.4 Å². The molecule has 6 atom stereocenters. The van der Waals surface area contributed by atoms with Gasteiger partial charge in [0.05, 0.1) is 36.3 Å². The van der Waals surface area contributed by atoms with Crippen molar-refractivity contribution in [2.24, 2.45) is 32.7 Å². The summed E-state index contributed by atoms with van der Waals surface area (Å²) in [6.07, 6.45) is 21.7. The Morgan fingerprint density at radius 2 is 0.706 bits per heavy atom. The zero-order valence-corrected chi connectivity index (χ0v) is 31.2. The van der Waals surface area contributed by atoms with Crippen molar-refractivity contribution in [3.63, 3.8) is 0 Å². The molecule has 3 aliphatic rings. The Balaban J connectivity index is 2.20. The molecule has 4 rings (SSSR count). The van der Waals surface area contributed by atoms with E-state index in [-0.39, 0.29) is 17.8 Å². The number of rotatable bonds is 18. The van der Waals surface area contributed by atoms with Crippen LogP contribution in [0, 0.1) is 17.8 Å². The molecule has 51 heavy (non-hydrogen) atoms. The number of isocyanates is 3. The van der Waals surface area contributed by atoms with Crippen LogP contribution < -0.4 is 17.1 Å². The summed E-state index contributed by atoms with van der Waals surface area (Å²) < 4.78 is 3.77. The molecule has 0 radical (unpaired) electrons. The number of aromatic nitrogens is 3. The van der Waals surface area contributed by atoms with E-state index >= 15 is 14.4 Å². The highest BCUT2D eigenvalue weighted by Gasteiger charge is 2.42. The number of aliphatic imine (C=N–C) groups is 3. The maximum atomic E-state index is 15.3. The van der Waals surface area contributed by atoms with Crippen LogP contribution >= 0.6 is 0 Å². The quantitative estimate of drug-likeness (QED) is 0.118. The van der Waals surface area contributed by atoms with Gasteiger partial charge in [0.1, 0.15) is 0 Å². The minimum atomic E-state index is -0.776. The first-order valence-electron chi connectivity index (χ1n) is 20.1. The van der Waals surface area contributed by atoms with E-state index in [1.165, 1.54) is 13.7 Å². The lowest BCUT2D eigenvalue weighted by Crippen LogP contribution is -2.62. The molecule has 1 aromatic heterocycles. The molecule has 0 spiro atoms. The smallest absolute Gasteiger partial charge is 0.247 e. The van der Waals surface area contributed by atoms with Crippen LogP contribution in [0.3, 0.4) is 0 Å². The van der Waals surface area contributed by atoms with E-state index in [0.717, 1.165) is 96.3 Å². The summed E-state index contributed by atoms with van der Waals surface area (Å²) >= 11 is 0. The fourth-order valence-corrected chi connectivity index (χ4v) is 9.90. The van der Waals surface area contributed by atoms with Crippen LogP contribution in [0.4, 0.5) is 0 Å². The molecule has 3 saturated carbocycles. The molecule has 6 unspecified atom stereocenters. The molecule has 0 N–H and O–H groups in total. The predicted molar refractivity (Wildman–Crippen MR) is 197 cm³/mol. The molecule has 0 aliphatic heterocycles.